The van der Waals surface area contributed by atoms with Crippen molar-refractivity contribution >= 4 is 21.6 Å². The largest absolute Gasteiger partial charge is 0.293 e. The summed E-state index contributed by atoms with van der Waals surface area (Å²) in [5.41, 5.74) is 4.96. The van der Waals surface area contributed by atoms with Crippen molar-refractivity contribution in [3.8, 4) is 11.1 Å². The monoisotopic (exact) mass is 331 g/mol. The van der Waals surface area contributed by atoms with E-state index in [4.69, 9.17) is 0 Å². The van der Waals surface area contributed by atoms with E-state index in [1.165, 1.54) is 4.52 Å². The average molecular weight is 332 g/mol. The van der Waals surface area contributed by atoms with Crippen molar-refractivity contribution in [2.75, 3.05) is 0 Å². The van der Waals surface area contributed by atoms with Crippen LogP contribution in [0.1, 0.15) is 17.0 Å². The highest BCUT2D eigenvalue weighted by molar-refractivity contribution is 9.10. The molecular weight excluding hydrogens is 318 g/mol. The standard InChI is InChI=1S/C15H14BrN3O/c1-8-9(2)17-14-13(10(3)18-19(14)15(8)20)11-6-4-5-7-12(11)16/h4-7,18H,1-3H3. The van der Waals surface area contributed by atoms with E-state index < -0.39 is 0 Å². The van der Waals surface area contributed by atoms with Crippen molar-refractivity contribution in [2.24, 2.45) is 0 Å². The van der Waals surface area contributed by atoms with Crippen LogP contribution in [0.25, 0.3) is 16.8 Å². The summed E-state index contributed by atoms with van der Waals surface area (Å²) in [5, 5.41) is 3.11. The fraction of sp³-hybridized carbons (Fsp3) is 0.200. The third-order valence-electron chi connectivity index (χ3n) is 3.57. The van der Waals surface area contributed by atoms with Crippen molar-refractivity contribution in [3.05, 3.63) is 56.0 Å². The zero-order valence-corrected chi connectivity index (χ0v) is 13.1. The molecule has 0 aliphatic heterocycles. The Labute approximate surface area is 124 Å². The molecule has 1 aromatic carbocycles. The topological polar surface area (TPSA) is 50.2 Å². The molecule has 0 bridgehead atoms. The third kappa shape index (κ3) is 1.81. The Hall–Kier alpha value is -1.88. The number of hydrogen-bond acceptors (Lipinski definition) is 2. The molecule has 0 fully saturated rings. The van der Waals surface area contributed by atoms with Gasteiger partial charge in [-0.05, 0) is 26.8 Å². The molecule has 0 radical (unpaired) electrons. The van der Waals surface area contributed by atoms with Crippen LogP contribution in [0.15, 0.2) is 33.5 Å². The molecule has 0 unspecified atom stereocenters. The van der Waals surface area contributed by atoms with Gasteiger partial charge in [-0.1, -0.05) is 34.1 Å². The summed E-state index contributed by atoms with van der Waals surface area (Å²) in [6, 6.07) is 7.94. The number of H-pyrrole nitrogens is 1. The van der Waals surface area contributed by atoms with Crippen LogP contribution in [-0.2, 0) is 0 Å². The lowest BCUT2D eigenvalue weighted by atomic mass is 10.1. The SMILES string of the molecule is Cc1nc2c(-c3ccccc3Br)c(C)[nH]n2c(=O)c1C. The molecule has 0 aliphatic rings. The Kier molecular flexibility index (Phi) is 3.01. The highest BCUT2D eigenvalue weighted by Crippen LogP contribution is 2.32. The van der Waals surface area contributed by atoms with E-state index >= 15 is 0 Å². The number of aryl methyl sites for hydroxylation is 2. The molecule has 4 nitrogen and oxygen atoms in total. The van der Waals surface area contributed by atoms with Crippen LogP contribution in [-0.4, -0.2) is 14.6 Å². The summed E-state index contributed by atoms with van der Waals surface area (Å²) in [6.45, 7) is 5.61. The first-order chi connectivity index (χ1) is 9.50. The van der Waals surface area contributed by atoms with E-state index in [0.717, 1.165) is 27.0 Å². The average Bonchev–Trinajstić information content (AvgIpc) is 2.74. The quantitative estimate of drug-likeness (QED) is 0.743. The summed E-state index contributed by atoms with van der Waals surface area (Å²) >= 11 is 3.56. The van der Waals surface area contributed by atoms with Gasteiger partial charge in [0.05, 0.1) is 0 Å². The Morgan fingerprint density at radius 3 is 2.60 bits per heavy atom. The summed E-state index contributed by atoms with van der Waals surface area (Å²) in [5.74, 6) is 0. The van der Waals surface area contributed by atoms with Gasteiger partial charge in [-0.15, -0.1) is 0 Å². The fourth-order valence-corrected chi connectivity index (χ4v) is 2.84. The third-order valence-corrected chi connectivity index (χ3v) is 4.26. The van der Waals surface area contributed by atoms with Crippen LogP contribution in [0.4, 0.5) is 0 Å². The van der Waals surface area contributed by atoms with Crippen molar-refractivity contribution in [2.45, 2.75) is 20.8 Å². The van der Waals surface area contributed by atoms with Crippen LogP contribution < -0.4 is 5.56 Å². The van der Waals surface area contributed by atoms with E-state index in [0.29, 0.717) is 11.2 Å². The fourth-order valence-electron chi connectivity index (χ4n) is 2.36. The maximum atomic E-state index is 12.3. The molecule has 0 saturated carbocycles. The molecule has 0 aliphatic carbocycles. The van der Waals surface area contributed by atoms with Crippen molar-refractivity contribution in [1.82, 2.24) is 14.6 Å². The Morgan fingerprint density at radius 1 is 1.20 bits per heavy atom. The first kappa shape index (κ1) is 13.1. The van der Waals surface area contributed by atoms with Crippen molar-refractivity contribution < 1.29 is 0 Å². The minimum atomic E-state index is -0.0473. The van der Waals surface area contributed by atoms with Gasteiger partial charge in [0.2, 0.25) is 0 Å². The summed E-state index contributed by atoms with van der Waals surface area (Å²) in [6.07, 6.45) is 0. The molecule has 0 atom stereocenters. The summed E-state index contributed by atoms with van der Waals surface area (Å²) in [4.78, 5) is 16.9. The second-order valence-electron chi connectivity index (χ2n) is 4.88. The molecular formula is C15H14BrN3O. The Bertz CT molecular complexity index is 877. The number of nitrogens with one attached hydrogen (secondary N) is 1. The highest BCUT2D eigenvalue weighted by atomic mass is 79.9. The number of aromatic amines is 1. The molecule has 0 amide bonds. The lowest BCUT2D eigenvalue weighted by Crippen LogP contribution is -2.19. The van der Waals surface area contributed by atoms with Gasteiger partial charge in [0.15, 0.2) is 5.65 Å². The highest BCUT2D eigenvalue weighted by Gasteiger charge is 2.17. The smallest absolute Gasteiger partial charge is 0.275 e. The summed E-state index contributed by atoms with van der Waals surface area (Å²) in [7, 11) is 0. The van der Waals surface area contributed by atoms with Crippen LogP contribution in [0.3, 0.4) is 0 Å². The predicted molar refractivity (Wildman–Crippen MR) is 83.2 cm³/mol. The van der Waals surface area contributed by atoms with Crippen molar-refractivity contribution in [1.29, 1.82) is 0 Å². The molecule has 20 heavy (non-hydrogen) atoms. The summed E-state index contributed by atoms with van der Waals surface area (Å²) < 4.78 is 2.50. The number of benzene rings is 1. The number of aromatic nitrogens is 3. The number of rotatable bonds is 1. The van der Waals surface area contributed by atoms with Gasteiger partial charge in [-0.3, -0.25) is 9.89 Å². The predicted octanol–water partition coefficient (Wildman–Crippen LogP) is 3.38. The number of hydrogen-bond donors (Lipinski definition) is 1. The van der Waals surface area contributed by atoms with Gasteiger partial charge in [0, 0.05) is 32.6 Å². The molecule has 3 aromatic rings. The number of halogens is 1. The van der Waals surface area contributed by atoms with Crippen LogP contribution in [0, 0.1) is 20.8 Å². The van der Waals surface area contributed by atoms with Gasteiger partial charge in [-0.25, -0.2) is 9.50 Å². The lowest BCUT2D eigenvalue weighted by Gasteiger charge is -2.04. The molecule has 3 rings (SSSR count). The van der Waals surface area contributed by atoms with Crippen LogP contribution in [0.2, 0.25) is 0 Å². The molecule has 5 heteroatoms. The molecule has 1 N–H and O–H groups in total. The van der Waals surface area contributed by atoms with Gasteiger partial charge < -0.3 is 0 Å². The molecule has 0 saturated heterocycles. The second-order valence-corrected chi connectivity index (χ2v) is 5.73. The molecule has 102 valence electrons. The number of fused-ring (bicyclic) bond motifs is 1. The Morgan fingerprint density at radius 2 is 1.90 bits per heavy atom. The normalized spacial score (nSPS) is 11.2. The van der Waals surface area contributed by atoms with Crippen LogP contribution in [0.5, 0.6) is 0 Å². The van der Waals surface area contributed by atoms with Gasteiger partial charge in [0.1, 0.15) is 0 Å². The molecule has 2 heterocycles. The van der Waals surface area contributed by atoms with E-state index in [1.807, 2.05) is 38.1 Å². The van der Waals surface area contributed by atoms with Gasteiger partial charge in [-0.2, -0.15) is 0 Å². The van der Waals surface area contributed by atoms with E-state index in [2.05, 4.69) is 26.0 Å². The van der Waals surface area contributed by atoms with Crippen molar-refractivity contribution in [3.63, 3.8) is 0 Å². The van der Waals surface area contributed by atoms with E-state index in [9.17, 15) is 4.79 Å². The Balaban J connectivity index is 2.47. The lowest BCUT2D eigenvalue weighted by molar-refractivity contribution is 0.859. The first-order valence-corrected chi connectivity index (χ1v) is 7.13. The van der Waals surface area contributed by atoms with E-state index in [1.54, 1.807) is 6.92 Å². The van der Waals surface area contributed by atoms with E-state index in [-0.39, 0.29) is 5.56 Å². The maximum absolute atomic E-state index is 12.3. The van der Waals surface area contributed by atoms with Crippen LogP contribution >= 0.6 is 15.9 Å². The second kappa shape index (κ2) is 4.59. The minimum Gasteiger partial charge on any atom is -0.293 e. The zero-order valence-electron chi connectivity index (χ0n) is 11.5. The van der Waals surface area contributed by atoms with Gasteiger partial charge >= 0.3 is 0 Å². The molecule has 0 spiro atoms. The van der Waals surface area contributed by atoms with Gasteiger partial charge in [0.25, 0.3) is 5.56 Å². The first-order valence-electron chi connectivity index (χ1n) is 6.34. The molecule has 2 aromatic heterocycles. The maximum Gasteiger partial charge on any atom is 0.275 e. The minimum absolute atomic E-state index is 0.0473. The number of nitrogens with zero attached hydrogens (tertiary/aromatic N) is 2. The zero-order chi connectivity index (χ0) is 14.4.